The zero-order chi connectivity index (χ0) is 14.8. The van der Waals surface area contributed by atoms with Crippen molar-refractivity contribution < 1.29 is 0 Å². The quantitative estimate of drug-likeness (QED) is 0.467. The van der Waals surface area contributed by atoms with Gasteiger partial charge in [0.05, 0.1) is 11.2 Å². The third-order valence-corrected chi connectivity index (χ3v) is 3.78. The molecule has 2 heteroatoms. The Morgan fingerprint density at radius 1 is 0.727 bits per heavy atom. The molecule has 3 aromatic carbocycles. The Labute approximate surface area is 128 Å². The maximum atomic E-state index is 4.67. The second-order valence-electron chi connectivity index (χ2n) is 5.18. The summed E-state index contributed by atoms with van der Waals surface area (Å²) in [5.74, 6) is 0. The SMILES string of the molecule is C(=Nc1cccc2cccnc12)c1cccc2ccccc12. The summed E-state index contributed by atoms with van der Waals surface area (Å²) in [6, 6.07) is 24.7. The highest BCUT2D eigenvalue weighted by molar-refractivity contribution is 6.01. The minimum Gasteiger partial charge on any atom is -0.254 e. The van der Waals surface area contributed by atoms with Gasteiger partial charge in [0.25, 0.3) is 0 Å². The Balaban J connectivity index is 1.83. The Hall–Kier alpha value is -3.00. The molecule has 0 aliphatic heterocycles. The van der Waals surface area contributed by atoms with Crippen LogP contribution in [0.2, 0.25) is 0 Å². The zero-order valence-corrected chi connectivity index (χ0v) is 12.0. The lowest BCUT2D eigenvalue weighted by molar-refractivity contribution is 1.39. The summed E-state index contributed by atoms with van der Waals surface area (Å²) in [5, 5.41) is 3.54. The molecule has 0 aliphatic rings. The monoisotopic (exact) mass is 282 g/mol. The van der Waals surface area contributed by atoms with E-state index in [1.165, 1.54) is 10.8 Å². The maximum Gasteiger partial charge on any atom is 0.0958 e. The van der Waals surface area contributed by atoms with Crippen LogP contribution < -0.4 is 0 Å². The molecule has 1 heterocycles. The molecule has 2 nitrogen and oxygen atoms in total. The van der Waals surface area contributed by atoms with Crippen LogP contribution in [0.1, 0.15) is 5.56 Å². The van der Waals surface area contributed by atoms with Crippen LogP contribution in [-0.4, -0.2) is 11.2 Å². The molecule has 0 unspecified atom stereocenters. The normalized spacial score (nSPS) is 11.5. The van der Waals surface area contributed by atoms with E-state index in [1.54, 1.807) is 6.20 Å². The van der Waals surface area contributed by atoms with Crippen LogP contribution in [0.15, 0.2) is 84.0 Å². The molecule has 4 aromatic rings. The number of benzene rings is 3. The van der Waals surface area contributed by atoms with E-state index in [1.807, 2.05) is 24.4 Å². The number of hydrogen-bond donors (Lipinski definition) is 0. The molecule has 22 heavy (non-hydrogen) atoms. The summed E-state index contributed by atoms with van der Waals surface area (Å²) in [7, 11) is 0. The number of nitrogens with zero attached hydrogens (tertiary/aromatic N) is 2. The topological polar surface area (TPSA) is 25.2 Å². The molecular weight excluding hydrogens is 268 g/mol. The molecule has 0 saturated heterocycles. The Morgan fingerprint density at radius 2 is 1.50 bits per heavy atom. The minimum absolute atomic E-state index is 0.894. The predicted octanol–water partition coefficient (Wildman–Crippen LogP) is 5.14. The molecule has 4 rings (SSSR count). The molecule has 104 valence electrons. The van der Waals surface area contributed by atoms with Crippen molar-refractivity contribution in [3.63, 3.8) is 0 Å². The summed E-state index contributed by atoms with van der Waals surface area (Å²) in [6.45, 7) is 0. The van der Waals surface area contributed by atoms with Gasteiger partial charge in [-0.2, -0.15) is 0 Å². The molecule has 1 aromatic heterocycles. The van der Waals surface area contributed by atoms with Crippen LogP contribution in [0, 0.1) is 0 Å². The molecule has 0 radical (unpaired) electrons. The van der Waals surface area contributed by atoms with Crippen LogP contribution >= 0.6 is 0 Å². The lowest BCUT2D eigenvalue weighted by Gasteiger charge is -2.02. The molecule has 0 spiro atoms. The maximum absolute atomic E-state index is 4.67. The average Bonchev–Trinajstić information content (AvgIpc) is 2.60. The standard InChI is InChI=1S/C20H14N2/c1-2-11-18-15(6-1)7-3-9-17(18)14-22-19-12-4-8-16-10-5-13-21-20(16)19/h1-14H. The van der Waals surface area contributed by atoms with Crippen molar-refractivity contribution in [2.75, 3.05) is 0 Å². The van der Waals surface area contributed by atoms with E-state index in [0.717, 1.165) is 22.2 Å². The number of rotatable bonds is 2. The Kier molecular flexibility index (Phi) is 3.13. The van der Waals surface area contributed by atoms with E-state index < -0.39 is 0 Å². The molecule has 0 bridgehead atoms. The van der Waals surface area contributed by atoms with Gasteiger partial charge in [0.15, 0.2) is 0 Å². The molecule has 0 fully saturated rings. The van der Waals surface area contributed by atoms with Crippen LogP contribution in [0.3, 0.4) is 0 Å². The van der Waals surface area contributed by atoms with Gasteiger partial charge in [0.2, 0.25) is 0 Å². The first-order valence-corrected chi connectivity index (χ1v) is 7.27. The Bertz CT molecular complexity index is 895. The van der Waals surface area contributed by atoms with Gasteiger partial charge in [-0.1, -0.05) is 60.7 Å². The fourth-order valence-corrected chi connectivity index (χ4v) is 2.69. The summed E-state index contributed by atoms with van der Waals surface area (Å²) >= 11 is 0. The van der Waals surface area contributed by atoms with E-state index in [9.17, 15) is 0 Å². The highest BCUT2D eigenvalue weighted by atomic mass is 14.8. The molecule has 0 saturated carbocycles. The lowest BCUT2D eigenvalue weighted by Crippen LogP contribution is -1.84. The van der Waals surface area contributed by atoms with Crippen LogP contribution in [-0.2, 0) is 0 Å². The van der Waals surface area contributed by atoms with Gasteiger partial charge in [0, 0.05) is 23.4 Å². The second-order valence-corrected chi connectivity index (χ2v) is 5.18. The summed E-state index contributed by atoms with van der Waals surface area (Å²) < 4.78 is 0. The van der Waals surface area contributed by atoms with Gasteiger partial charge >= 0.3 is 0 Å². The first-order chi connectivity index (χ1) is 10.9. The van der Waals surface area contributed by atoms with E-state index in [4.69, 9.17) is 0 Å². The van der Waals surface area contributed by atoms with Crippen molar-refractivity contribution in [2.24, 2.45) is 4.99 Å². The molecule has 0 amide bonds. The van der Waals surface area contributed by atoms with Crippen LogP contribution in [0.4, 0.5) is 5.69 Å². The molecule has 0 N–H and O–H groups in total. The number of fused-ring (bicyclic) bond motifs is 2. The minimum atomic E-state index is 0.894. The summed E-state index contributed by atoms with van der Waals surface area (Å²) in [6.07, 6.45) is 3.73. The van der Waals surface area contributed by atoms with E-state index in [0.29, 0.717) is 0 Å². The number of hydrogen-bond acceptors (Lipinski definition) is 2. The summed E-state index contributed by atoms with van der Waals surface area (Å²) in [4.78, 5) is 9.11. The first-order valence-electron chi connectivity index (χ1n) is 7.27. The average molecular weight is 282 g/mol. The fraction of sp³-hybridized carbons (Fsp3) is 0. The van der Waals surface area contributed by atoms with Crippen molar-refractivity contribution in [2.45, 2.75) is 0 Å². The third-order valence-electron chi connectivity index (χ3n) is 3.78. The fourth-order valence-electron chi connectivity index (χ4n) is 2.69. The van der Waals surface area contributed by atoms with Gasteiger partial charge in [-0.3, -0.25) is 9.98 Å². The highest BCUT2D eigenvalue weighted by Gasteiger charge is 2.00. The van der Waals surface area contributed by atoms with Crippen LogP contribution in [0.25, 0.3) is 21.7 Å². The Morgan fingerprint density at radius 3 is 2.50 bits per heavy atom. The van der Waals surface area contributed by atoms with Gasteiger partial charge in [-0.25, -0.2) is 0 Å². The summed E-state index contributed by atoms with van der Waals surface area (Å²) in [5.41, 5.74) is 2.94. The van der Waals surface area contributed by atoms with Crippen molar-refractivity contribution >= 4 is 33.6 Å². The van der Waals surface area contributed by atoms with Gasteiger partial charge < -0.3 is 0 Å². The van der Waals surface area contributed by atoms with E-state index in [2.05, 4.69) is 64.6 Å². The van der Waals surface area contributed by atoms with E-state index >= 15 is 0 Å². The van der Waals surface area contributed by atoms with Gasteiger partial charge in [0.1, 0.15) is 0 Å². The molecule has 0 atom stereocenters. The lowest BCUT2D eigenvalue weighted by atomic mass is 10.1. The first kappa shape index (κ1) is 12.7. The number of para-hydroxylation sites is 1. The van der Waals surface area contributed by atoms with Crippen LogP contribution in [0.5, 0.6) is 0 Å². The number of pyridine rings is 1. The second kappa shape index (κ2) is 5.41. The van der Waals surface area contributed by atoms with Crippen molar-refractivity contribution in [3.8, 4) is 0 Å². The number of aliphatic imine (C=N–C) groups is 1. The van der Waals surface area contributed by atoms with E-state index in [-0.39, 0.29) is 0 Å². The zero-order valence-electron chi connectivity index (χ0n) is 12.0. The molecule has 0 aliphatic carbocycles. The third kappa shape index (κ3) is 2.25. The van der Waals surface area contributed by atoms with Crippen molar-refractivity contribution in [1.82, 2.24) is 4.98 Å². The largest absolute Gasteiger partial charge is 0.254 e. The smallest absolute Gasteiger partial charge is 0.0958 e. The van der Waals surface area contributed by atoms with Gasteiger partial charge in [-0.05, 0) is 22.9 Å². The van der Waals surface area contributed by atoms with Crippen molar-refractivity contribution in [1.29, 1.82) is 0 Å². The predicted molar refractivity (Wildman–Crippen MR) is 92.9 cm³/mol. The van der Waals surface area contributed by atoms with Crippen molar-refractivity contribution in [3.05, 3.63) is 84.6 Å². The number of aromatic nitrogens is 1. The highest BCUT2D eigenvalue weighted by Crippen LogP contribution is 2.24. The van der Waals surface area contributed by atoms with Gasteiger partial charge in [-0.15, -0.1) is 0 Å². The molecular formula is C20H14N2.